The van der Waals surface area contributed by atoms with Crippen molar-refractivity contribution >= 4 is 6.08 Å². The molecule has 0 radical (unpaired) electrons. The normalized spacial score (nSPS) is 26.3. The predicted molar refractivity (Wildman–Crippen MR) is 113 cm³/mol. The van der Waals surface area contributed by atoms with Gasteiger partial charge in [0.1, 0.15) is 24.4 Å². The Morgan fingerprint density at radius 2 is 1.77 bits per heavy atom. The number of aliphatic hydroxyl groups excluding tert-OH is 4. The second-order valence-corrected chi connectivity index (χ2v) is 7.17. The average Bonchev–Trinajstić information content (AvgIpc) is 2.78. The van der Waals surface area contributed by atoms with Crippen LogP contribution >= 0.6 is 0 Å². The molecule has 9 nitrogen and oxygen atoms in total. The van der Waals surface area contributed by atoms with Gasteiger partial charge in [-0.3, -0.25) is 0 Å². The molecule has 1 saturated heterocycles. The molecule has 0 unspecified atom stereocenters. The van der Waals surface area contributed by atoms with Crippen LogP contribution in [0.15, 0.2) is 24.3 Å². The predicted octanol–water partition coefficient (Wildman–Crippen LogP) is 0.720. The van der Waals surface area contributed by atoms with Crippen LogP contribution in [0, 0.1) is 0 Å². The van der Waals surface area contributed by atoms with E-state index in [9.17, 15) is 20.4 Å². The minimum atomic E-state index is -1.51. The summed E-state index contributed by atoms with van der Waals surface area (Å²) < 4.78 is 27.3. The van der Waals surface area contributed by atoms with E-state index >= 15 is 0 Å². The summed E-state index contributed by atoms with van der Waals surface area (Å²) in [6.07, 6.45) is -0.869. The SMILES string of the molecule is CCCCOCCOC/C=C/c1ccc(O[C@@H]2O[C@H](CO)[C@@H](O)[C@H](O)[C@H]2O)c(OC)c1. The number of aliphatic hydroxyl groups is 4. The van der Waals surface area contributed by atoms with Crippen LogP contribution in [0.25, 0.3) is 6.08 Å². The number of hydrogen-bond acceptors (Lipinski definition) is 9. The number of benzene rings is 1. The summed E-state index contributed by atoms with van der Waals surface area (Å²) in [5.74, 6) is 0.675. The lowest BCUT2D eigenvalue weighted by Crippen LogP contribution is -2.60. The van der Waals surface area contributed by atoms with Gasteiger partial charge >= 0.3 is 0 Å². The van der Waals surface area contributed by atoms with E-state index in [1.807, 2.05) is 12.2 Å². The molecule has 31 heavy (non-hydrogen) atoms. The number of rotatable bonds is 13. The van der Waals surface area contributed by atoms with Gasteiger partial charge in [0.15, 0.2) is 11.5 Å². The van der Waals surface area contributed by atoms with Gasteiger partial charge in [0, 0.05) is 6.61 Å². The fraction of sp³-hybridized carbons (Fsp3) is 0.636. The highest BCUT2D eigenvalue weighted by molar-refractivity contribution is 5.56. The van der Waals surface area contributed by atoms with E-state index in [1.54, 1.807) is 18.2 Å². The molecular weight excluding hydrogens is 408 g/mol. The van der Waals surface area contributed by atoms with E-state index in [4.69, 9.17) is 23.7 Å². The Bertz CT molecular complexity index is 664. The van der Waals surface area contributed by atoms with E-state index in [-0.39, 0.29) is 5.75 Å². The van der Waals surface area contributed by atoms with Crippen molar-refractivity contribution in [3.8, 4) is 11.5 Å². The van der Waals surface area contributed by atoms with Gasteiger partial charge < -0.3 is 44.1 Å². The van der Waals surface area contributed by atoms with Crippen molar-refractivity contribution < 1.29 is 44.1 Å². The van der Waals surface area contributed by atoms with Crippen molar-refractivity contribution in [2.75, 3.05) is 40.1 Å². The van der Waals surface area contributed by atoms with Gasteiger partial charge in [0.25, 0.3) is 0 Å². The van der Waals surface area contributed by atoms with Crippen molar-refractivity contribution in [2.24, 2.45) is 0 Å². The molecule has 2 rings (SSSR count). The van der Waals surface area contributed by atoms with Gasteiger partial charge in [0.05, 0.1) is 33.5 Å². The molecule has 4 N–H and O–H groups in total. The molecule has 1 aliphatic rings. The van der Waals surface area contributed by atoms with E-state index in [0.29, 0.717) is 25.6 Å². The molecule has 0 aromatic heterocycles. The maximum atomic E-state index is 10.1. The molecule has 0 bridgehead atoms. The van der Waals surface area contributed by atoms with E-state index < -0.39 is 37.3 Å². The molecule has 1 heterocycles. The zero-order chi connectivity index (χ0) is 22.6. The maximum Gasteiger partial charge on any atom is 0.229 e. The zero-order valence-corrected chi connectivity index (χ0v) is 18.1. The van der Waals surface area contributed by atoms with Crippen LogP contribution in [0.5, 0.6) is 11.5 Å². The molecule has 1 aromatic rings. The summed E-state index contributed by atoms with van der Waals surface area (Å²) in [6.45, 7) is 3.90. The van der Waals surface area contributed by atoms with Gasteiger partial charge in [0.2, 0.25) is 6.29 Å². The van der Waals surface area contributed by atoms with Crippen molar-refractivity contribution in [2.45, 2.75) is 50.5 Å². The molecule has 1 aromatic carbocycles. The second kappa shape index (κ2) is 13.6. The standard InChI is InChI=1S/C22H34O9/c1-3-4-9-28-11-12-29-10-5-6-15-7-8-16(17(13-15)27-2)30-22-21(26)20(25)19(24)18(14-23)31-22/h5-8,13,18-26H,3-4,9-12,14H2,1-2H3/b6-5+/t18-,19-,20+,21-,22-/m1/s1. The topological polar surface area (TPSA) is 127 Å². The minimum absolute atomic E-state index is 0.282. The van der Waals surface area contributed by atoms with Crippen molar-refractivity contribution in [1.29, 1.82) is 0 Å². The molecule has 1 fully saturated rings. The lowest BCUT2D eigenvalue weighted by Gasteiger charge is -2.39. The summed E-state index contributed by atoms with van der Waals surface area (Å²) in [6, 6.07) is 5.16. The first kappa shape index (κ1) is 25.5. The molecule has 9 heteroatoms. The number of hydrogen-bond donors (Lipinski definition) is 4. The highest BCUT2D eigenvalue weighted by Gasteiger charge is 2.44. The summed E-state index contributed by atoms with van der Waals surface area (Å²) in [4.78, 5) is 0. The molecule has 0 amide bonds. The third-order valence-electron chi connectivity index (χ3n) is 4.82. The lowest BCUT2D eigenvalue weighted by atomic mass is 9.99. The molecule has 1 aliphatic heterocycles. The van der Waals surface area contributed by atoms with Crippen molar-refractivity contribution in [3.05, 3.63) is 29.8 Å². The first-order valence-corrected chi connectivity index (χ1v) is 10.5. The molecule has 0 aliphatic carbocycles. The van der Waals surface area contributed by atoms with Crippen LogP contribution in [-0.4, -0.2) is 91.3 Å². The van der Waals surface area contributed by atoms with Gasteiger partial charge in [-0.1, -0.05) is 31.6 Å². The summed E-state index contributed by atoms with van der Waals surface area (Å²) >= 11 is 0. The Morgan fingerprint density at radius 3 is 2.48 bits per heavy atom. The van der Waals surface area contributed by atoms with Crippen LogP contribution in [0.2, 0.25) is 0 Å². The quantitative estimate of drug-likeness (QED) is 0.327. The largest absolute Gasteiger partial charge is 0.493 e. The van der Waals surface area contributed by atoms with Gasteiger partial charge in [-0.05, 0) is 24.1 Å². The Balaban J connectivity index is 1.88. The number of unbranched alkanes of at least 4 members (excludes halogenated alkanes) is 1. The zero-order valence-electron chi connectivity index (χ0n) is 18.1. The monoisotopic (exact) mass is 442 g/mol. The number of ether oxygens (including phenoxy) is 5. The Hall–Kier alpha value is -1.72. The maximum absolute atomic E-state index is 10.1. The molecular formula is C22H34O9. The lowest BCUT2D eigenvalue weighted by molar-refractivity contribution is -0.277. The highest BCUT2D eigenvalue weighted by Crippen LogP contribution is 2.32. The molecule has 176 valence electrons. The minimum Gasteiger partial charge on any atom is -0.493 e. The van der Waals surface area contributed by atoms with Gasteiger partial charge in [-0.2, -0.15) is 0 Å². The molecule has 0 saturated carbocycles. The van der Waals surface area contributed by atoms with E-state index in [1.165, 1.54) is 7.11 Å². The molecule has 5 atom stereocenters. The summed E-state index contributed by atoms with van der Waals surface area (Å²) in [5.41, 5.74) is 0.848. The van der Waals surface area contributed by atoms with Crippen molar-refractivity contribution in [3.63, 3.8) is 0 Å². The fourth-order valence-electron chi connectivity index (χ4n) is 2.98. The Morgan fingerprint density at radius 1 is 1.00 bits per heavy atom. The van der Waals surface area contributed by atoms with Gasteiger partial charge in [-0.15, -0.1) is 0 Å². The van der Waals surface area contributed by atoms with Gasteiger partial charge in [-0.25, -0.2) is 0 Å². The first-order valence-electron chi connectivity index (χ1n) is 10.5. The summed E-state index contributed by atoms with van der Waals surface area (Å²) in [5, 5.41) is 39.2. The van der Waals surface area contributed by atoms with E-state index in [2.05, 4.69) is 6.92 Å². The third kappa shape index (κ3) is 7.73. The highest BCUT2D eigenvalue weighted by atomic mass is 16.7. The van der Waals surface area contributed by atoms with E-state index in [0.717, 1.165) is 25.0 Å². The van der Waals surface area contributed by atoms with Crippen LogP contribution in [0.1, 0.15) is 25.3 Å². The second-order valence-electron chi connectivity index (χ2n) is 7.17. The first-order chi connectivity index (χ1) is 15.0. The molecule has 0 spiro atoms. The third-order valence-corrected chi connectivity index (χ3v) is 4.82. The van der Waals surface area contributed by atoms with Crippen LogP contribution in [0.4, 0.5) is 0 Å². The smallest absolute Gasteiger partial charge is 0.229 e. The Labute approximate surface area is 182 Å². The average molecular weight is 443 g/mol. The Kier molecular flexibility index (Phi) is 11.2. The van der Waals surface area contributed by atoms with Crippen LogP contribution < -0.4 is 9.47 Å². The van der Waals surface area contributed by atoms with Crippen LogP contribution in [-0.2, 0) is 14.2 Å². The van der Waals surface area contributed by atoms with Crippen molar-refractivity contribution in [1.82, 2.24) is 0 Å². The summed E-state index contributed by atoms with van der Waals surface area (Å²) in [7, 11) is 1.48. The fourth-order valence-corrected chi connectivity index (χ4v) is 2.98. The number of methoxy groups -OCH3 is 1. The van der Waals surface area contributed by atoms with Crippen LogP contribution in [0.3, 0.4) is 0 Å².